The molecule has 0 heterocycles. The molecule has 0 spiro atoms. The number of carbonyl (C=O) groups is 1. The fraction of sp³-hybridized carbons (Fsp3) is 0.160. The van der Waals surface area contributed by atoms with E-state index in [0.29, 0.717) is 17.9 Å². The smallest absolute Gasteiger partial charge is 0.387 e. The fourth-order valence-electron chi connectivity index (χ4n) is 2.96. The van der Waals surface area contributed by atoms with Crippen molar-refractivity contribution in [3.63, 3.8) is 0 Å². The molecule has 0 aliphatic heterocycles. The molecule has 0 fully saturated rings. The molecule has 3 rings (SSSR count). The Morgan fingerprint density at radius 3 is 2.42 bits per heavy atom. The largest absolute Gasteiger partial charge is 0.496 e. The molecule has 0 saturated heterocycles. The number of ether oxygens (including phenoxy) is 3. The van der Waals surface area contributed by atoms with Crippen molar-refractivity contribution in [2.24, 2.45) is 0 Å². The van der Waals surface area contributed by atoms with Crippen LogP contribution in [-0.2, 0) is 6.61 Å². The number of ketones is 1. The zero-order valence-electron chi connectivity index (χ0n) is 17.2. The number of rotatable bonds is 9. The van der Waals surface area contributed by atoms with Crippen molar-refractivity contribution < 1.29 is 27.8 Å². The number of allylic oxidation sites excluding steroid dienone is 1. The molecule has 0 unspecified atom stereocenters. The predicted molar refractivity (Wildman–Crippen MR) is 115 cm³/mol. The lowest BCUT2D eigenvalue weighted by atomic mass is 10.1. The molecule has 0 aliphatic carbocycles. The molecule has 160 valence electrons. The monoisotopic (exact) mass is 424 g/mol. The number of alkyl halides is 2. The van der Waals surface area contributed by atoms with Gasteiger partial charge >= 0.3 is 6.61 Å². The Hall–Kier alpha value is -3.67. The van der Waals surface area contributed by atoms with Crippen molar-refractivity contribution in [2.75, 3.05) is 7.11 Å². The van der Waals surface area contributed by atoms with E-state index in [2.05, 4.69) is 4.74 Å². The van der Waals surface area contributed by atoms with Crippen LogP contribution in [0.15, 0.2) is 72.8 Å². The molecule has 0 atom stereocenters. The summed E-state index contributed by atoms with van der Waals surface area (Å²) >= 11 is 0. The molecular formula is C25H22F2O4. The van der Waals surface area contributed by atoms with Crippen LogP contribution in [0.5, 0.6) is 17.2 Å². The predicted octanol–water partition coefficient (Wildman–Crippen LogP) is 6.08. The lowest BCUT2D eigenvalue weighted by Crippen LogP contribution is -2.02. The maximum Gasteiger partial charge on any atom is 0.387 e. The highest BCUT2D eigenvalue weighted by atomic mass is 19.3. The van der Waals surface area contributed by atoms with Crippen LogP contribution in [-0.4, -0.2) is 19.5 Å². The standard InChI is InChI=1S/C25H22F2O4/c1-17-5-3-4-6-23(17)30-16-20-15-18(8-14-24(20)29-2)7-13-22(28)19-9-11-21(12-10-19)31-25(26)27/h3-15,25H,16H2,1-2H3/b13-7+. The number of halogens is 2. The van der Waals surface area contributed by atoms with Crippen LogP contribution in [0.25, 0.3) is 6.08 Å². The molecule has 0 saturated carbocycles. The molecule has 0 N–H and O–H groups in total. The van der Waals surface area contributed by atoms with E-state index in [1.54, 1.807) is 13.2 Å². The van der Waals surface area contributed by atoms with Crippen LogP contribution in [0.2, 0.25) is 0 Å². The minimum absolute atomic E-state index is 0.00368. The van der Waals surface area contributed by atoms with Gasteiger partial charge in [0, 0.05) is 11.1 Å². The maximum absolute atomic E-state index is 12.4. The average Bonchev–Trinajstić information content (AvgIpc) is 2.77. The molecule has 0 aliphatic rings. The van der Waals surface area contributed by atoms with Gasteiger partial charge in [-0.2, -0.15) is 8.78 Å². The van der Waals surface area contributed by atoms with E-state index >= 15 is 0 Å². The maximum atomic E-state index is 12.4. The molecule has 0 radical (unpaired) electrons. The van der Waals surface area contributed by atoms with Crippen molar-refractivity contribution in [3.8, 4) is 17.2 Å². The van der Waals surface area contributed by atoms with Crippen molar-refractivity contribution in [1.29, 1.82) is 0 Å². The highest BCUT2D eigenvalue weighted by Gasteiger charge is 2.08. The highest BCUT2D eigenvalue weighted by molar-refractivity contribution is 6.06. The minimum Gasteiger partial charge on any atom is -0.496 e. The van der Waals surface area contributed by atoms with Gasteiger partial charge in [0.2, 0.25) is 0 Å². The Kier molecular flexibility index (Phi) is 7.38. The molecule has 4 nitrogen and oxygen atoms in total. The summed E-state index contributed by atoms with van der Waals surface area (Å²) in [5.74, 6) is 1.23. The van der Waals surface area contributed by atoms with E-state index in [-0.39, 0.29) is 11.5 Å². The van der Waals surface area contributed by atoms with Crippen LogP contribution >= 0.6 is 0 Å². The van der Waals surface area contributed by atoms with Gasteiger partial charge in [-0.05, 0) is 66.6 Å². The van der Waals surface area contributed by atoms with E-state index in [4.69, 9.17) is 9.47 Å². The molecule has 6 heteroatoms. The zero-order chi connectivity index (χ0) is 22.2. The summed E-state index contributed by atoms with van der Waals surface area (Å²) in [6, 6.07) is 18.8. The number of aryl methyl sites for hydroxylation is 1. The molecule has 0 aromatic heterocycles. The summed E-state index contributed by atoms with van der Waals surface area (Å²) in [6.45, 7) is -0.612. The number of carbonyl (C=O) groups excluding carboxylic acids is 1. The zero-order valence-corrected chi connectivity index (χ0v) is 17.2. The molecule has 3 aromatic rings. The Morgan fingerprint density at radius 1 is 1.00 bits per heavy atom. The third-order valence-corrected chi connectivity index (χ3v) is 4.57. The van der Waals surface area contributed by atoms with Gasteiger partial charge in [0.25, 0.3) is 0 Å². The van der Waals surface area contributed by atoms with Gasteiger partial charge in [0.1, 0.15) is 23.9 Å². The third-order valence-electron chi connectivity index (χ3n) is 4.57. The van der Waals surface area contributed by atoms with Crippen LogP contribution in [0.3, 0.4) is 0 Å². The fourth-order valence-corrected chi connectivity index (χ4v) is 2.96. The molecule has 0 amide bonds. The number of methoxy groups -OCH3 is 1. The average molecular weight is 424 g/mol. The van der Waals surface area contributed by atoms with Crippen molar-refractivity contribution in [3.05, 3.63) is 95.1 Å². The Bertz CT molecular complexity index is 1060. The summed E-state index contributed by atoms with van der Waals surface area (Å²) in [4.78, 5) is 12.4. The van der Waals surface area contributed by atoms with Crippen LogP contribution in [0.4, 0.5) is 8.78 Å². The summed E-state index contributed by atoms with van der Waals surface area (Å²) in [5, 5.41) is 0. The van der Waals surface area contributed by atoms with E-state index in [9.17, 15) is 13.6 Å². The van der Waals surface area contributed by atoms with Crippen LogP contribution in [0.1, 0.15) is 27.0 Å². The van der Waals surface area contributed by atoms with Crippen molar-refractivity contribution >= 4 is 11.9 Å². The van der Waals surface area contributed by atoms with Crippen LogP contribution in [0, 0.1) is 6.92 Å². The first kappa shape index (κ1) is 22.0. The number of hydrogen-bond donors (Lipinski definition) is 0. The summed E-state index contributed by atoms with van der Waals surface area (Å²) in [6.07, 6.45) is 3.11. The lowest BCUT2D eigenvalue weighted by molar-refractivity contribution is -0.0498. The minimum atomic E-state index is -2.90. The lowest BCUT2D eigenvalue weighted by Gasteiger charge is -2.12. The van der Waals surface area contributed by atoms with Gasteiger partial charge in [0.05, 0.1) is 7.11 Å². The van der Waals surface area contributed by atoms with Gasteiger partial charge in [0.15, 0.2) is 5.78 Å². The number of para-hydroxylation sites is 1. The van der Waals surface area contributed by atoms with E-state index in [0.717, 1.165) is 22.4 Å². The molecule has 0 bridgehead atoms. The Balaban J connectivity index is 1.70. The van der Waals surface area contributed by atoms with Gasteiger partial charge in [-0.15, -0.1) is 0 Å². The first-order valence-corrected chi connectivity index (χ1v) is 9.59. The first-order chi connectivity index (χ1) is 15.0. The van der Waals surface area contributed by atoms with Crippen LogP contribution < -0.4 is 14.2 Å². The third kappa shape index (κ3) is 6.15. The van der Waals surface area contributed by atoms with Crippen molar-refractivity contribution in [2.45, 2.75) is 20.1 Å². The molecule has 3 aromatic carbocycles. The van der Waals surface area contributed by atoms with Gasteiger partial charge in [-0.3, -0.25) is 4.79 Å². The second kappa shape index (κ2) is 10.4. The van der Waals surface area contributed by atoms with E-state index in [1.165, 1.54) is 30.3 Å². The second-order valence-corrected chi connectivity index (χ2v) is 6.73. The van der Waals surface area contributed by atoms with E-state index < -0.39 is 6.61 Å². The summed E-state index contributed by atoms with van der Waals surface area (Å²) < 4.78 is 40.1. The van der Waals surface area contributed by atoms with E-state index in [1.807, 2.05) is 49.4 Å². The van der Waals surface area contributed by atoms with Gasteiger partial charge < -0.3 is 14.2 Å². The van der Waals surface area contributed by atoms with Gasteiger partial charge in [-0.25, -0.2) is 0 Å². The second-order valence-electron chi connectivity index (χ2n) is 6.73. The van der Waals surface area contributed by atoms with Gasteiger partial charge in [-0.1, -0.05) is 30.3 Å². The SMILES string of the molecule is COc1ccc(/C=C/C(=O)c2ccc(OC(F)F)cc2)cc1COc1ccccc1C. The number of benzene rings is 3. The Labute approximate surface area is 179 Å². The first-order valence-electron chi connectivity index (χ1n) is 9.59. The van der Waals surface area contributed by atoms with Crippen molar-refractivity contribution in [1.82, 2.24) is 0 Å². The molecular weight excluding hydrogens is 402 g/mol. The molecule has 31 heavy (non-hydrogen) atoms. The normalized spacial score (nSPS) is 11.0. The number of hydrogen-bond acceptors (Lipinski definition) is 4. The Morgan fingerprint density at radius 2 is 1.74 bits per heavy atom. The topological polar surface area (TPSA) is 44.8 Å². The summed E-state index contributed by atoms with van der Waals surface area (Å²) in [5.41, 5.74) is 3.05. The summed E-state index contributed by atoms with van der Waals surface area (Å²) in [7, 11) is 1.59. The highest BCUT2D eigenvalue weighted by Crippen LogP contribution is 2.24. The quantitative estimate of drug-likeness (QED) is 0.308.